The number of rotatable bonds is 2. The van der Waals surface area contributed by atoms with Gasteiger partial charge in [0.15, 0.2) is 11.6 Å². The lowest BCUT2D eigenvalue weighted by Crippen LogP contribution is -2.31. The summed E-state index contributed by atoms with van der Waals surface area (Å²) in [5, 5.41) is 8.62. The molecule has 2 aliphatic rings. The first-order chi connectivity index (χ1) is 13.2. The van der Waals surface area contributed by atoms with Gasteiger partial charge in [0.1, 0.15) is 6.04 Å². The summed E-state index contributed by atoms with van der Waals surface area (Å²) >= 11 is 6.34. The molecule has 3 aromatic rings. The Morgan fingerprint density at radius 1 is 1.15 bits per heavy atom. The third kappa shape index (κ3) is 2.64. The summed E-state index contributed by atoms with van der Waals surface area (Å²) in [6.07, 6.45) is 5.73. The van der Waals surface area contributed by atoms with Gasteiger partial charge in [-0.1, -0.05) is 29.8 Å². The van der Waals surface area contributed by atoms with Gasteiger partial charge in [0.05, 0.1) is 5.02 Å². The molecule has 134 valence electrons. The van der Waals surface area contributed by atoms with Crippen LogP contribution in [-0.2, 0) is 4.79 Å². The van der Waals surface area contributed by atoms with Crippen LogP contribution in [0.4, 0.5) is 5.95 Å². The maximum Gasteiger partial charge on any atom is 0.226 e. The Morgan fingerprint density at radius 2 is 2.04 bits per heavy atom. The number of carbonyl (C=O) groups is 1. The number of hydrogen-bond acceptors (Lipinski definition) is 5. The Kier molecular flexibility index (Phi) is 3.79. The van der Waals surface area contributed by atoms with Crippen LogP contribution in [0.1, 0.15) is 30.9 Å². The Hall–Kier alpha value is -2.99. The third-order valence-corrected chi connectivity index (χ3v) is 5.31. The lowest BCUT2D eigenvalue weighted by atomic mass is 9.86. The zero-order chi connectivity index (χ0) is 18.4. The quantitative estimate of drug-likeness (QED) is 0.730. The number of halogens is 1. The fourth-order valence-electron chi connectivity index (χ4n) is 3.76. The number of nitrogens with zero attached hydrogens (tertiary/aromatic N) is 4. The molecule has 0 spiro atoms. The molecule has 1 aliphatic carbocycles. The maximum atomic E-state index is 12.8. The SMILES string of the molecule is O=C1CCCC2=C1C(c1cccnc1)n1nc(-c3ccccc3Cl)nc1N2. The summed E-state index contributed by atoms with van der Waals surface area (Å²) in [7, 11) is 0. The molecule has 6 nitrogen and oxygen atoms in total. The molecule has 0 saturated heterocycles. The Labute approximate surface area is 160 Å². The first-order valence-corrected chi connectivity index (χ1v) is 9.25. The zero-order valence-electron chi connectivity index (χ0n) is 14.4. The van der Waals surface area contributed by atoms with Gasteiger partial charge in [0.2, 0.25) is 5.95 Å². The van der Waals surface area contributed by atoms with Crippen molar-refractivity contribution in [1.82, 2.24) is 19.7 Å². The average Bonchev–Trinajstić information content (AvgIpc) is 3.11. The van der Waals surface area contributed by atoms with E-state index in [1.165, 1.54) is 0 Å². The average molecular weight is 378 g/mol. The van der Waals surface area contributed by atoms with Gasteiger partial charge >= 0.3 is 0 Å². The minimum Gasteiger partial charge on any atom is -0.328 e. The monoisotopic (exact) mass is 377 g/mol. The number of Topliss-reactive ketones (excluding diaryl/α,β-unsaturated/α-hetero) is 1. The maximum absolute atomic E-state index is 12.8. The molecule has 5 rings (SSSR count). The Morgan fingerprint density at radius 3 is 2.85 bits per heavy atom. The summed E-state index contributed by atoms with van der Waals surface area (Å²) < 4.78 is 1.78. The summed E-state index contributed by atoms with van der Waals surface area (Å²) in [5.74, 6) is 1.30. The smallest absolute Gasteiger partial charge is 0.226 e. The van der Waals surface area contributed by atoms with E-state index in [0.717, 1.165) is 35.2 Å². The molecule has 2 aromatic heterocycles. The highest BCUT2D eigenvalue weighted by Crippen LogP contribution is 2.40. The van der Waals surface area contributed by atoms with Gasteiger partial charge in [-0.25, -0.2) is 4.68 Å². The van der Waals surface area contributed by atoms with Crippen LogP contribution in [0, 0.1) is 0 Å². The molecule has 0 saturated carbocycles. The fourth-order valence-corrected chi connectivity index (χ4v) is 3.98. The first-order valence-electron chi connectivity index (χ1n) is 8.87. The fraction of sp³-hybridized carbons (Fsp3) is 0.200. The first kappa shape index (κ1) is 16.2. The van der Waals surface area contributed by atoms with Crippen LogP contribution in [0.25, 0.3) is 11.4 Å². The molecule has 0 bridgehead atoms. The third-order valence-electron chi connectivity index (χ3n) is 4.98. The number of fused-ring (bicyclic) bond motifs is 1. The molecule has 1 N–H and O–H groups in total. The molecule has 1 aliphatic heterocycles. The van der Waals surface area contributed by atoms with E-state index in [0.29, 0.717) is 23.2 Å². The van der Waals surface area contributed by atoms with Crippen molar-refractivity contribution in [2.45, 2.75) is 25.3 Å². The highest BCUT2D eigenvalue weighted by Gasteiger charge is 2.37. The predicted octanol–water partition coefficient (Wildman–Crippen LogP) is 4.02. The largest absolute Gasteiger partial charge is 0.328 e. The number of pyridine rings is 1. The van der Waals surface area contributed by atoms with Crippen molar-refractivity contribution in [2.24, 2.45) is 0 Å². The molecular weight excluding hydrogens is 362 g/mol. The minimum atomic E-state index is -0.332. The molecule has 1 unspecified atom stereocenters. The molecule has 7 heteroatoms. The van der Waals surface area contributed by atoms with Crippen LogP contribution in [-0.4, -0.2) is 25.5 Å². The molecule has 1 aromatic carbocycles. The highest BCUT2D eigenvalue weighted by molar-refractivity contribution is 6.33. The van der Waals surface area contributed by atoms with Gasteiger partial charge in [-0.2, -0.15) is 4.98 Å². The number of benzene rings is 1. The van der Waals surface area contributed by atoms with E-state index in [-0.39, 0.29) is 11.8 Å². The molecule has 0 fully saturated rings. The summed E-state index contributed by atoms with van der Waals surface area (Å²) in [4.78, 5) is 21.7. The van der Waals surface area contributed by atoms with Crippen molar-refractivity contribution < 1.29 is 4.79 Å². The van der Waals surface area contributed by atoms with E-state index in [1.54, 1.807) is 17.1 Å². The van der Waals surface area contributed by atoms with E-state index < -0.39 is 0 Å². The Balaban J connectivity index is 1.70. The van der Waals surface area contributed by atoms with Gasteiger partial charge < -0.3 is 5.32 Å². The van der Waals surface area contributed by atoms with E-state index >= 15 is 0 Å². The number of carbonyl (C=O) groups excluding carboxylic acids is 1. The van der Waals surface area contributed by atoms with Crippen LogP contribution < -0.4 is 5.32 Å². The second-order valence-electron chi connectivity index (χ2n) is 6.67. The van der Waals surface area contributed by atoms with Crippen LogP contribution in [0.5, 0.6) is 0 Å². The summed E-state index contributed by atoms with van der Waals surface area (Å²) in [6, 6.07) is 11.0. The molecule has 27 heavy (non-hydrogen) atoms. The normalized spacial score (nSPS) is 18.7. The topological polar surface area (TPSA) is 72.7 Å². The number of aromatic nitrogens is 4. The highest BCUT2D eigenvalue weighted by atomic mass is 35.5. The lowest BCUT2D eigenvalue weighted by Gasteiger charge is -2.31. The van der Waals surface area contributed by atoms with Crippen molar-refractivity contribution in [3.8, 4) is 11.4 Å². The number of nitrogens with one attached hydrogen (secondary N) is 1. The van der Waals surface area contributed by atoms with Crippen LogP contribution >= 0.6 is 11.6 Å². The van der Waals surface area contributed by atoms with Gasteiger partial charge in [-0.3, -0.25) is 9.78 Å². The van der Waals surface area contributed by atoms with Crippen molar-refractivity contribution >= 4 is 23.3 Å². The van der Waals surface area contributed by atoms with Gasteiger partial charge in [-0.05, 0) is 36.6 Å². The molecule has 0 amide bonds. The van der Waals surface area contributed by atoms with Crippen molar-refractivity contribution in [3.63, 3.8) is 0 Å². The van der Waals surface area contributed by atoms with Crippen molar-refractivity contribution in [3.05, 3.63) is 70.6 Å². The summed E-state index contributed by atoms with van der Waals surface area (Å²) in [5.41, 5.74) is 3.37. The van der Waals surface area contributed by atoms with E-state index in [4.69, 9.17) is 16.7 Å². The van der Waals surface area contributed by atoms with Crippen molar-refractivity contribution in [2.75, 3.05) is 5.32 Å². The molecule has 3 heterocycles. The summed E-state index contributed by atoms with van der Waals surface area (Å²) in [6.45, 7) is 0. The van der Waals surface area contributed by atoms with Gasteiger partial charge in [-0.15, -0.1) is 5.10 Å². The van der Waals surface area contributed by atoms with E-state index in [2.05, 4.69) is 15.3 Å². The van der Waals surface area contributed by atoms with Crippen molar-refractivity contribution in [1.29, 1.82) is 0 Å². The standard InChI is InChI=1S/C20H16ClN5O/c21-14-7-2-1-6-13(14)19-24-20-23-15-8-3-9-16(27)17(15)18(26(20)25-19)12-5-4-10-22-11-12/h1-2,4-7,10-11,18H,3,8-9H2,(H,23,24,25). The number of ketones is 1. The van der Waals surface area contributed by atoms with Gasteiger partial charge in [0.25, 0.3) is 0 Å². The molecular formula is C20H16ClN5O. The van der Waals surface area contributed by atoms with E-state index in [9.17, 15) is 4.79 Å². The molecule has 0 radical (unpaired) electrons. The minimum absolute atomic E-state index is 0.151. The second kappa shape index (κ2) is 6.32. The zero-order valence-corrected chi connectivity index (χ0v) is 15.1. The number of hydrogen-bond donors (Lipinski definition) is 1. The number of anilines is 1. The molecule has 1 atom stereocenters. The van der Waals surface area contributed by atoms with Crippen LogP contribution in [0.15, 0.2) is 60.1 Å². The lowest BCUT2D eigenvalue weighted by molar-refractivity contribution is -0.116. The van der Waals surface area contributed by atoms with Crippen LogP contribution in [0.2, 0.25) is 5.02 Å². The second-order valence-corrected chi connectivity index (χ2v) is 7.07. The predicted molar refractivity (Wildman–Crippen MR) is 102 cm³/mol. The van der Waals surface area contributed by atoms with Crippen LogP contribution in [0.3, 0.4) is 0 Å². The van der Waals surface area contributed by atoms with Gasteiger partial charge in [0, 0.05) is 35.6 Å². The number of allylic oxidation sites excluding steroid dienone is 2. The van der Waals surface area contributed by atoms with E-state index in [1.807, 2.05) is 36.4 Å². The Bertz CT molecular complexity index is 1070.